The van der Waals surface area contributed by atoms with Gasteiger partial charge in [-0.05, 0) is 50.2 Å². The van der Waals surface area contributed by atoms with Crippen LogP contribution in [0.1, 0.15) is 34.3 Å². The Morgan fingerprint density at radius 2 is 1.65 bits per heavy atom. The zero-order chi connectivity index (χ0) is 22.8. The van der Waals surface area contributed by atoms with E-state index in [1.165, 1.54) is 12.1 Å². The summed E-state index contributed by atoms with van der Waals surface area (Å²) in [7, 11) is 1.90. The summed E-state index contributed by atoms with van der Waals surface area (Å²) in [6, 6.07) is 7.04. The summed E-state index contributed by atoms with van der Waals surface area (Å²) in [6.45, 7) is 1.34. The lowest BCUT2D eigenvalue weighted by molar-refractivity contribution is -0.140. The second-order valence-corrected chi connectivity index (χ2v) is 7.33. The molecule has 168 valence electrons. The number of nitrogens with one attached hydrogen (secondary N) is 1. The van der Waals surface area contributed by atoms with Gasteiger partial charge in [0.25, 0.3) is 5.91 Å². The standard InChI is InChI=1S/C21H20F6N2O2/c1-29-10-8-15(9-11-29)31-17-7-3-6-16(18(17)21(25,26)27)19(30)28-14-5-2-4-13(12-14)20(22,23)24/h2-7,12,15H,8-11H2,1H3,(H,28,30). The Kier molecular flexibility index (Phi) is 6.49. The SMILES string of the molecule is CN1CCC(Oc2cccc(C(=O)Nc3cccc(C(F)(F)F)c3)c2C(F)(F)F)CC1. The van der Waals surface area contributed by atoms with Gasteiger partial charge in [-0.1, -0.05) is 12.1 Å². The van der Waals surface area contributed by atoms with Crippen LogP contribution in [0.15, 0.2) is 42.5 Å². The lowest BCUT2D eigenvalue weighted by Crippen LogP contribution is -2.36. The van der Waals surface area contributed by atoms with Gasteiger partial charge in [-0.25, -0.2) is 0 Å². The largest absolute Gasteiger partial charge is 0.490 e. The minimum Gasteiger partial charge on any atom is -0.490 e. The predicted molar refractivity (Wildman–Crippen MR) is 102 cm³/mol. The fraction of sp³-hybridized carbons (Fsp3) is 0.381. The number of halogens is 6. The molecule has 2 aromatic carbocycles. The van der Waals surface area contributed by atoms with Crippen molar-refractivity contribution in [3.05, 3.63) is 59.2 Å². The van der Waals surface area contributed by atoms with Crippen LogP contribution in [0.25, 0.3) is 0 Å². The number of anilines is 1. The average Bonchev–Trinajstić information content (AvgIpc) is 2.68. The molecule has 1 N–H and O–H groups in total. The van der Waals surface area contributed by atoms with Gasteiger partial charge in [-0.2, -0.15) is 26.3 Å². The zero-order valence-electron chi connectivity index (χ0n) is 16.5. The maximum atomic E-state index is 13.8. The topological polar surface area (TPSA) is 41.6 Å². The molecule has 1 saturated heterocycles. The summed E-state index contributed by atoms with van der Waals surface area (Å²) in [4.78, 5) is 14.6. The number of carbonyl (C=O) groups excluding carboxylic acids is 1. The van der Waals surface area contributed by atoms with Gasteiger partial charge in [-0.15, -0.1) is 0 Å². The molecule has 1 heterocycles. The van der Waals surface area contributed by atoms with Crippen LogP contribution < -0.4 is 10.1 Å². The van der Waals surface area contributed by atoms with E-state index in [9.17, 15) is 31.1 Å². The second-order valence-electron chi connectivity index (χ2n) is 7.33. The number of carbonyl (C=O) groups is 1. The number of rotatable bonds is 4. The number of hydrogen-bond acceptors (Lipinski definition) is 3. The third kappa shape index (κ3) is 5.69. The number of likely N-dealkylation sites (tertiary alicyclic amines) is 1. The number of ether oxygens (including phenoxy) is 1. The molecule has 2 aromatic rings. The second kappa shape index (κ2) is 8.78. The Labute approximate surface area is 174 Å². The van der Waals surface area contributed by atoms with Crippen LogP contribution >= 0.6 is 0 Å². The molecule has 0 atom stereocenters. The Morgan fingerprint density at radius 1 is 1.00 bits per heavy atom. The maximum absolute atomic E-state index is 13.8. The Balaban J connectivity index is 1.89. The number of hydrogen-bond donors (Lipinski definition) is 1. The van der Waals surface area contributed by atoms with Crippen molar-refractivity contribution < 1.29 is 35.9 Å². The minimum atomic E-state index is -4.90. The van der Waals surface area contributed by atoms with E-state index in [0.29, 0.717) is 32.0 Å². The molecular formula is C21H20F6N2O2. The van der Waals surface area contributed by atoms with E-state index in [1.807, 2.05) is 11.9 Å². The molecule has 1 fully saturated rings. The van der Waals surface area contributed by atoms with Crippen molar-refractivity contribution in [1.29, 1.82) is 0 Å². The van der Waals surface area contributed by atoms with Crippen LogP contribution in [-0.4, -0.2) is 37.0 Å². The molecule has 1 aliphatic rings. The van der Waals surface area contributed by atoms with Gasteiger partial charge in [0.05, 0.1) is 11.1 Å². The first-order valence-corrected chi connectivity index (χ1v) is 9.49. The molecule has 0 aromatic heterocycles. The number of alkyl halides is 6. The van der Waals surface area contributed by atoms with E-state index in [1.54, 1.807) is 0 Å². The lowest BCUT2D eigenvalue weighted by atomic mass is 10.0. The number of nitrogens with zero attached hydrogens (tertiary/aromatic N) is 1. The van der Waals surface area contributed by atoms with E-state index in [4.69, 9.17) is 4.74 Å². The van der Waals surface area contributed by atoms with Gasteiger partial charge >= 0.3 is 12.4 Å². The molecule has 0 unspecified atom stereocenters. The lowest BCUT2D eigenvalue weighted by Gasteiger charge is -2.30. The summed E-state index contributed by atoms with van der Waals surface area (Å²) >= 11 is 0. The molecule has 10 heteroatoms. The molecule has 0 bridgehead atoms. The van der Waals surface area contributed by atoms with Gasteiger partial charge in [0.15, 0.2) is 0 Å². The van der Waals surface area contributed by atoms with Gasteiger partial charge in [-0.3, -0.25) is 4.79 Å². The highest BCUT2D eigenvalue weighted by atomic mass is 19.4. The fourth-order valence-electron chi connectivity index (χ4n) is 3.36. The third-order valence-electron chi connectivity index (χ3n) is 4.96. The van der Waals surface area contributed by atoms with E-state index in [-0.39, 0.29) is 5.69 Å². The maximum Gasteiger partial charge on any atom is 0.420 e. The monoisotopic (exact) mass is 446 g/mol. The van der Waals surface area contributed by atoms with Crippen LogP contribution in [0.4, 0.5) is 32.0 Å². The van der Waals surface area contributed by atoms with Crippen LogP contribution in [0.3, 0.4) is 0 Å². The molecule has 0 radical (unpaired) electrons. The number of benzene rings is 2. The van der Waals surface area contributed by atoms with Crippen LogP contribution in [0.2, 0.25) is 0 Å². The first-order valence-electron chi connectivity index (χ1n) is 9.49. The summed E-state index contributed by atoms with van der Waals surface area (Å²) in [6.07, 6.45) is -8.91. The van der Waals surface area contributed by atoms with Crippen molar-refractivity contribution in [1.82, 2.24) is 4.90 Å². The molecule has 0 spiro atoms. The summed E-state index contributed by atoms with van der Waals surface area (Å²) in [5, 5.41) is 2.12. The highest BCUT2D eigenvalue weighted by Crippen LogP contribution is 2.40. The van der Waals surface area contributed by atoms with Gasteiger partial charge in [0, 0.05) is 18.8 Å². The molecule has 3 rings (SSSR count). The van der Waals surface area contributed by atoms with Crippen molar-refractivity contribution in [2.45, 2.75) is 31.3 Å². The average molecular weight is 446 g/mol. The van der Waals surface area contributed by atoms with Crippen molar-refractivity contribution in [2.75, 3.05) is 25.5 Å². The van der Waals surface area contributed by atoms with Crippen LogP contribution in [-0.2, 0) is 12.4 Å². The highest BCUT2D eigenvalue weighted by molar-refractivity contribution is 6.06. The van der Waals surface area contributed by atoms with Crippen molar-refractivity contribution >= 4 is 11.6 Å². The summed E-state index contributed by atoms with van der Waals surface area (Å²) < 4.78 is 85.7. The summed E-state index contributed by atoms with van der Waals surface area (Å²) in [5.41, 5.74) is -3.27. The number of piperidine rings is 1. The Bertz CT molecular complexity index is 934. The van der Waals surface area contributed by atoms with E-state index in [0.717, 1.165) is 24.3 Å². The Hall–Kier alpha value is -2.75. The van der Waals surface area contributed by atoms with Crippen molar-refractivity contribution in [3.63, 3.8) is 0 Å². The van der Waals surface area contributed by atoms with Crippen molar-refractivity contribution in [2.24, 2.45) is 0 Å². The first-order chi connectivity index (χ1) is 14.4. The van der Waals surface area contributed by atoms with Gasteiger partial charge in [0.2, 0.25) is 0 Å². The Morgan fingerprint density at radius 3 is 2.26 bits per heavy atom. The first kappa shape index (κ1) is 22.9. The van der Waals surface area contributed by atoms with Gasteiger partial charge < -0.3 is 15.0 Å². The summed E-state index contributed by atoms with van der Waals surface area (Å²) in [5.74, 6) is -1.65. The zero-order valence-corrected chi connectivity index (χ0v) is 16.5. The normalized spacial score (nSPS) is 16.2. The smallest absolute Gasteiger partial charge is 0.420 e. The quantitative estimate of drug-likeness (QED) is 0.636. The molecule has 31 heavy (non-hydrogen) atoms. The molecule has 0 saturated carbocycles. The predicted octanol–water partition coefficient (Wildman–Crippen LogP) is 5.45. The van der Waals surface area contributed by atoms with Crippen LogP contribution in [0, 0.1) is 0 Å². The van der Waals surface area contributed by atoms with Crippen LogP contribution in [0.5, 0.6) is 5.75 Å². The molecule has 4 nitrogen and oxygen atoms in total. The fourth-order valence-corrected chi connectivity index (χ4v) is 3.36. The molecule has 0 aliphatic carbocycles. The van der Waals surface area contributed by atoms with Gasteiger partial charge in [0.1, 0.15) is 17.4 Å². The molecule has 1 aliphatic heterocycles. The molecule has 1 amide bonds. The van der Waals surface area contributed by atoms with Crippen molar-refractivity contribution in [3.8, 4) is 5.75 Å². The number of amides is 1. The molecular weight excluding hydrogens is 426 g/mol. The van der Waals surface area contributed by atoms with E-state index < -0.39 is 46.8 Å². The van der Waals surface area contributed by atoms with E-state index >= 15 is 0 Å². The third-order valence-corrected chi connectivity index (χ3v) is 4.96. The minimum absolute atomic E-state index is 0.269. The highest BCUT2D eigenvalue weighted by Gasteiger charge is 2.40. The van der Waals surface area contributed by atoms with E-state index in [2.05, 4.69) is 5.32 Å².